The summed E-state index contributed by atoms with van der Waals surface area (Å²) in [4.78, 5) is 0. The van der Waals surface area contributed by atoms with Crippen LogP contribution in [0.4, 0.5) is 13.2 Å². The molecule has 29 heavy (non-hydrogen) atoms. The summed E-state index contributed by atoms with van der Waals surface area (Å²) < 4.78 is 40.8. The second kappa shape index (κ2) is 7.02. The first kappa shape index (κ1) is 19.7. The Kier molecular flexibility index (Phi) is 4.77. The number of hydrogen-bond donors (Lipinski definition) is 0. The van der Waals surface area contributed by atoms with Crippen molar-refractivity contribution in [3.05, 3.63) is 65.2 Å². The van der Waals surface area contributed by atoms with Crippen molar-refractivity contribution in [3.63, 3.8) is 0 Å². The van der Waals surface area contributed by atoms with Gasteiger partial charge in [0.2, 0.25) is 5.16 Å². The van der Waals surface area contributed by atoms with Crippen LogP contribution in [-0.4, -0.2) is 26.3 Å². The standard InChI is InChI=1S/C21H19F3N4S/c1-20(2,3)15-9-7-13(8-10-15)18-25-26-19-28(18)27-17(12-29-19)14-5-4-6-16(11-14)21(22,23)24/h4-11H,12H2,1-3H3. The quantitative estimate of drug-likeness (QED) is 0.545. The SMILES string of the molecule is CC(C)(C)c1ccc(-c2nnc3n2N=C(c2cccc(C(F)(F)F)c2)CS3)cc1. The molecule has 2 heterocycles. The smallest absolute Gasteiger partial charge is 0.187 e. The Morgan fingerprint density at radius 3 is 2.28 bits per heavy atom. The van der Waals surface area contributed by atoms with Crippen molar-refractivity contribution >= 4 is 17.5 Å². The van der Waals surface area contributed by atoms with Crippen LogP contribution in [0.5, 0.6) is 0 Å². The molecule has 4 rings (SSSR count). The molecule has 0 aliphatic carbocycles. The summed E-state index contributed by atoms with van der Waals surface area (Å²) in [5.41, 5.74) is 2.40. The van der Waals surface area contributed by atoms with Gasteiger partial charge < -0.3 is 0 Å². The van der Waals surface area contributed by atoms with E-state index >= 15 is 0 Å². The molecule has 2 aromatic carbocycles. The number of nitrogens with zero attached hydrogens (tertiary/aromatic N) is 4. The van der Waals surface area contributed by atoms with Crippen LogP contribution in [0.2, 0.25) is 0 Å². The van der Waals surface area contributed by atoms with Crippen LogP contribution in [0, 0.1) is 0 Å². The van der Waals surface area contributed by atoms with Gasteiger partial charge >= 0.3 is 6.18 Å². The van der Waals surface area contributed by atoms with E-state index in [9.17, 15) is 13.2 Å². The summed E-state index contributed by atoms with van der Waals surface area (Å²) in [6.45, 7) is 6.43. The summed E-state index contributed by atoms with van der Waals surface area (Å²) in [5.74, 6) is 1.000. The molecule has 0 fully saturated rings. The molecule has 0 N–H and O–H groups in total. The Balaban J connectivity index is 1.72. The molecular formula is C21H19F3N4S. The summed E-state index contributed by atoms with van der Waals surface area (Å²) in [5, 5.41) is 13.6. The lowest BCUT2D eigenvalue weighted by molar-refractivity contribution is -0.137. The highest BCUT2D eigenvalue weighted by atomic mass is 32.2. The fourth-order valence-corrected chi connectivity index (χ4v) is 3.88. The number of halogens is 3. The minimum absolute atomic E-state index is 0.0352. The molecule has 4 nitrogen and oxygen atoms in total. The van der Waals surface area contributed by atoms with Crippen LogP contribution >= 0.6 is 11.8 Å². The van der Waals surface area contributed by atoms with Crippen molar-refractivity contribution in [1.29, 1.82) is 0 Å². The molecule has 8 heteroatoms. The number of fused-ring (bicyclic) bond motifs is 1. The zero-order chi connectivity index (χ0) is 20.8. The Bertz CT molecular complexity index is 1080. The predicted octanol–water partition coefficient (Wildman–Crippen LogP) is 5.62. The highest BCUT2D eigenvalue weighted by Crippen LogP contribution is 2.32. The van der Waals surface area contributed by atoms with E-state index in [-0.39, 0.29) is 5.41 Å². The van der Waals surface area contributed by atoms with Crippen LogP contribution in [0.1, 0.15) is 37.5 Å². The lowest BCUT2D eigenvalue weighted by atomic mass is 9.87. The van der Waals surface area contributed by atoms with Gasteiger partial charge in [0.15, 0.2) is 5.82 Å². The Hall–Kier alpha value is -2.61. The molecule has 0 amide bonds. The predicted molar refractivity (Wildman–Crippen MR) is 108 cm³/mol. The van der Waals surface area contributed by atoms with E-state index in [1.54, 1.807) is 10.7 Å². The van der Waals surface area contributed by atoms with Crippen molar-refractivity contribution in [3.8, 4) is 11.4 Å². The molecule has 0 atom stereocenters. The highest BCUT2D eigenvalue weighted by molar-refractivity contribution is 7.99. The van der Waals surface area contributed by atoms with Crippen molar-refractivity contribution in [2.24, 2.45) is 5.10 Å². The minimum atomic E-state index is -4.39. The number of rotatable bonds is 2. The maximum Gasteiger partial charge on any atom is 0.416 e. The Morgan fingerprint density at radius 2 is 1.62 bits per heavy atom. The van der Waals surface area contributed by atoms with Gasteiger partial charge in [-0.25, -0.2) is 0 Å². The van der Waals surface area contributed by atoms with Gasteiger partial charge in [0, 0.05) is 11.3 Å². The molecule has 0 bridgehead atoms. The van der Waals surface area contributed by atoms with E-state index < -0.39 is 11.7 Å². The Labute approximate surface area is 170 Å². The molecule has 0 saturated carbocycles. The van der Waals surface area contributed by atoms with Crippen molar-refractivity contribution < 1.29 is 13.2 Å². The molecule has 0 unspecified atom stereocenters. The molecule has 0 radical (unpaired) electrons. The first-order chi connectivity index (χ1) is 13.6. The van der Waals surface area contributed by atoms with E-state index in [1.807, 2.05) is 24.3 Å². The van der Waals surface area contributed by atoms with E-state index in [1.165, 1.54) is 23.4 Å². The monoisotopic (exact) mass is 416 g/mol. The number of alkyl halides is 3. The molecule has 1 aliphatic heterocycles. The van der Waals surface area contributed by atoms with Crippen LogP contribution < -0.4 is 0 Å². The van der Waals surface area contributed by atoms with E-state index in [0.717, 1.165) is 17.7 Å². The lowest BCUT2D eigenvalue weighted by Crippen LogP contribution is -2.15. The molecule has 150 valence electrons. The number of benzene rings is 2. The van der Waals surface area contributed by atoms with Gasteiger partial charge in [0.25, 0.3) is 0 Å². The van der Waals surface area contributed by atoms with Gasteiger partial charge in [-0.3, -0.25) is 0 Å². The molecule has 0 spiro atoms. The summed E-state index contributed by atoms with van der Waals surface area (Å²) in [6.07, 6.45) is -4.39. The molecular weight excluding hydrogens is 397 g/mol. The van der Waals surface area contributed by atoms with E-state index in [4.69, 9.17) is 0 Å². The highest BCUT2D eigenvalue weighted by Gasteiger charge is 2.31. The molecule has 1 aliphatic rings. The second-order valence-corrected chi connectivity index (χ2v) is 8.80. The third-order valence-corrected chi connectivity index (χ3v) is 5.63. The van der Waals surface area contributed by atoms with Crippen molar-refractivity contribution in [2.45, 2.75) is 37.5 Å². The summed E-state index contributed by atoms with van der Waals surface area (Å²) >= 11 is 1.41. The number of hydrogen-bond acceptors (Lipinski definition) is 4. The molecule has 3 aromatic rings. The minimum Gasteiger partial charge on any atom is -0.187 e. The largest absolute Gasteiger partial charge is 0.416 e. The normalized spacial score (nSPS) is 14.5. The summed E-state index contributed by atoms with van der Waals surface area (Å²) in [7, 11) is 0. The van der Waals surface area contributed by atoms with Gasteiger partial charge in [-0.1, -0.05) is 68.9 Å². The number of aromatic nitrogens is 3. The van der Waals surface area contributed by atoms with Crippen molar-refractivity contribution in [1.82, 2.24) is 14.9 Å². The first-order valence-corrected chi connectivity index (χ1v) is 10.1. The van der Waals surface area contributed by atoms with Crippen LogP contribution in [0.25, 0.3) is 11.4 Å². The van der Waals surface area contributed by atoms with Crippen LogP contribution in [0.15, 0.2) is 58.8 Å². The van der Waals surface area contributed by atoms with Gasteiger partial charge in [-0.2, -0.15) is 22.9 Å². The summed E-state index contributed by atoms with van der Waals surface area (Å²) in [6, 6.07) is 13.3. The van der Waals surface area contributed by atoms with Gasteiger partial charge in [-0.05, 0) is 28.7 Å². The van der Waals surface area contributed by atoms with Crippen molar-refractivity contribution in [2.75, 3.05) is 5.75 Å². The van der Waals surface area contributed by atoms with Crippen LogP contribution in [0.3, 0.4) is 0 Å². The third kappa shape index (κ3) is 3.94. The average Bonchev–Trinajstić information content (AvgIpc) is 3.10. The second-order valence-electron chi connectivity index (χ2n) is 7.86. The maximum absolute atomic E-state index is 13.1. The third-order valence-electron chi connectivity index (χ3n) is 4.70. The topological polar surface area (TPSA) is 43.1 Å². The fraction of sp³-hybridized carbons (Fsp3) is 0.286. The lowest BCUT2D eigenvalue weighted by Gasteiger charge is -2.19. The van der Waals surface area contributed by atoms with Gasteiger partial charge in [0.05, 0.1) is 11.3 Å². The fourth-order valence-electron chi connectivity index (χ4n) is 3.04. The molecule has 0 saturated heterocycles. The number of thioether (sulfide) groups is 1. The zero-order valence-electron chi connectivity index (χ0n) is 16.2. The first-order valence-electron chi connectivity index (χ1n) is 9.07. The molecule has 1 aromatic heterocycles. The van der Waals surface area contributed by atoms with Gasteiger partial charge in [-0.15, -0.1) is 10.2 Å². The Morgan fingerprint density at radius 1 is 0.897 bits per heavy atom. The van der Waals surface area contributed by atoms with Gasteiger partial charge in [0.1, 0.15) is 0 Å². The van der Waals surface area contributed by atoms with Crippen LogP contribution in [-0.2, 0) is 11.6 Å². The van der Waals surface area contributed by atoms with E-state index in [0.29, 0.717) is 28.0 Å². The zero-order valence-corrected chi connectivity index (χ0v) is 17.0. The average molecular weight is 416 g/mol. The van der Waals surface area contributed by atoms with E-state index in [2.05, 4.69) is 36.1 Å². The maximum atomic E-state index is 13.1.